The lowest BCUT2D eigenvalue weighted by Crippen LogP contribution is -2.48. The van der Waals surface area contributed by atoms with E-state index in [-0.39, 0.29) is 11.6 Å². The molecular weight excluding hydrogens is 380 g/mol. The average molecular weight is 415 g/mol. The van der Waals surface area contributed by atoms with Gasteiger partial charge in [0.2, 0.25) is 6.79 Å². The average Bonchev–Trinajstić information content (AvgIpc) is 3.42. The molecule has 8 nitrogen and oxygen atoms in total. The predicted molar refractivity (Wildman–Crippen MR) is 114 cm³/mol. The number of rotatable bonds is 8. The summed E-state index contributed by atoms with van der Waals surface area (Å²) in [7, 11) is 0. The molecule has 1 aromatic carbocycles. The molecule has 1 saturated heterocycles. The van der Waals surface area contributed by atoms with Crippen molar-refractivity contribution >= 4 is 0 Å². The molecule has 3 heterocycles. The Morgan fingerprint density at radius 1 is 1.07 bits per heavy atom. The van der Waals surface area contributed by atoms with E-state index in [4.69, 9.17) is 9.47 Å². The summed E-state index contributed by atoms with van der Waals surface area (Å²) in [4.78, 5) is 5.07. The topological polar surface area (TPSA) is 68.5 Å². The van der Waals surface area contributed by atoms with Crippen molar-refractivity contribution in [1.82, 2.24) is 30.0 Å². The van der Waals surface area contributed by atoms with Crippen LogP contribution in [0.5, 0.6) is 11.5 Å². The van der Waals surface area contributed by atoms with Crippen LogP contribution in [-0.2, 0) is 12.1 Å². The third kappa shape index (κ3) is 4.30. The first kappa shape index (κ1) is 21.1. The maximum atomic E-state index is 5.52. The third-order valence-electron chi connectivity index (χ3n) is 6.48. The Hall–Kier alpha value is -2.19. The van der Waals surface area contributed by atoms with Crippen molar-refractivity contribution in [1.29, 1.82) is 0 Å². The first-order valence-electron chi connectivity index (χ1n) is 11.2. The van der Waals surface area contributed by atoms with E-state index in [1.165, 1.54) is 5.56 Å². The van der Waals surface area contributed by atoms with Gasteiger partial charge < -0.3 is 9.47 Å². The number of ether oxygens (including phenoxy) is 2. The zero-order valence-corrected chi connectivity index (χ0v) is 18.7. The molecule has 2 aliphatic heterocycles. The van der Waals surface area contributed by atoms with Crippen LogP contribution in [0.25, 0.3) is 0 Å². The van der Waals surface area contributed by atoms with Gasteiger partial charge in [0.05, 0.1) is 11.6 Å². The summed E-state index contributed by atoms with van der Waals surface area (Å²) in [6, 6.07) is 6.53. The molecule has 30 heavy (non-hydrogen) atoms. The highest BCUT2D eigenvalue weighted by atomic mass is 16.7. The number of tetrazole rings is 1. The van der Waals surface area contributed by atoms with Gasteiger partial charge in [0.25, 0.3) is 0 Å². The van der Waals surface area contributed by atoms with Crippen LogP contribution in [0.4, 0.5) is 0 Å². The molecule has 2 aliphatic rings. The van der Waals surface area contributed by atoms with E-state index in [0.717, 1.165) is 69.3 Å². The molecule has 1 unspecified atom stereocenters. The molecular formula is C22H34N6O2. The molecule has 0 amide bonds. The Kier molecular flexibility index (Phi) is 6.24. The quantitative estimate of drug-likeness (QED) is 0.657. The maximum Gasteiger partial charge on any atom is 0.231 e. The summed E-state index contributed by atoms with van der Waals surface area (Å²) in [5, 5.41) is 12.9. The van der Waals surface area contributed by atoms with Crippen molar-refractivity contribution in [2.24, 2.45) is 0 Å². The van der Waals surface area contributed by atoms with Gasteiger partial charge in [0, 0.05) is 32.7 Å². The predicted octanol–water partition coefficient (Wildman–Crippen LogP) is 3.21. The molecule has 0 saturated carbocycles. The lowest BCUT2D eigenvalue weighted by Gasteiger charge is -2.39. The second kappa shape index (κ2) is 8.89. The van der Waals surface area contributed by atoms with E-state index >= 15 is 0 Å². The number of hydrogen-bond acceptors (Lipinski definition) is 7. The van der Waals surface area contributed by atoms with Crippen molar-refractivity contribution < 1.29 is 9.47 Å². The number of aromatic nitrogens is 4. The summed E-state index contributed by atoms with van der Waals surface area (Å²) in [6.07, 6.45) is 3.18. The Labute approximate surface area is 179 Å². The molecule has 0 spiro atoms. The van der Waals surface area contributed by atoms with Crippen molar-refractivity contribution in [2.75, 3.05) is 33.0 Å². The summed E-state index contributed by atoms with van der Waals surface area (Å²) < 4.78 is 13.0. The minimum Gasteiger partial charge on any atom is -0.454 e. The number of hydrogen-bond donors (Lipinski definition) is 0. The molecule has 0 radical (unpaired) electrons. The highest BCUT2D eigenvalue weighted by Gasteiger charge is 2.32. The number of nitrogens with zero attached hydrogens (tertiary/aromatic N) is 6. The van der Waals surface area contributed by atoms with Gasteiger partial charge in [-0.15, -0.1) is 5.10 Å². The van der Waals surface area contributed by atoms with Gasteiger partial charge in [-0.3, -0.25) is 9.80 Å². The number of piperazine rings is 1. The second-order valence-corrected chi connectivity index (χ2v) is 8.92. The second-order valence-electron chi connectivity index (χ2n) is 8.92. The summed E-state index contributed by atoms with van der Waals surface area (Å²) >= 11 is 0. The maximum absolute atomic E-state index is 5.52. The van der Waals surface area contributed by atoms with Crippen LogP contribution >= 0.6 is 0 Å². The monoisotopic (exact) mass is 414 g/mol. The zero-order chi connectivity index (χ0) is 21.1. The van der Waals surface area contributed by atoms with E-state index in [0.29, 0.717) is 6.79 Å². The van der Waals surface area contributed by atoms with Crippen molar-refractivity contribution in [3.63, 3.8) is 0 Å². The fourth-order valence-electron chi connectivity index (χ4n) is 4.26. The highest BCUT2D eigenvalue weighted by molar-refractivity contribution is 5.44. The van der Waals surface area contributed by atoms with Crippen molar-refractivity contribution in [3.8, 4) is 11.5 Å². The Bertz CT molecular complexity index is 844. The van der Waals surface area contributed by atoms with Crippen LogP contribution in [0.15, 0.2) is 18.2 Å². The summed E-state index contributed by atoms with van der Waals surface area (Å²) in [5.41, 5.74) is 1.19. The molecule has 0 N–H and O–H groups in total. The van der Waals surface area contributed by atoms with Crippen LogP contribution in [0.2, 0.25) is 0 Å². The molecule has 8 heteroatoms. The van der Waals surface area contributed by atoms with Gasteiger partial charge in [-0.05, 0) is 54.8 Å². The lowest BCUT2D eigenvalue weighted by molar-refractivity contribution is 0.0788. The molecule has 0 bridgehead atoms. The molecule has 2 aromatic rings. The Balaban J connectivity index is 1.41. The minimum absolute atomic E-state index is 0.0774. The van der Waals surface area contributed by atoms with Gasteiger partial charge >= 0.3 is 0 Å². The van der Waals surface area contributed by atoms with Gasteiger partial charge in [-0.1, -0.05) is 26.3 Å². The van der Waals surface area contributed by atoms with Gasteiger partial charge in [0.1, 0.15) is 0 Å². The number of fused-ring (bicyclic) bond motifs is 1. The first-order chi connectivity index (χ1) is 14.5. The van der Waals surface area contributed by atoms with Gasteiger partial charge in [0.15, 0.2) is 17.3 Å². The SMILES string of the molecule is CCCC(c1nnnn1C(C)(C)CC)N1CCN(Cc2ccc3c(c2)OCO3)CC1. The van der Waals surface area contributed by atoms with Crippen LogP contribution in [0.1, 0.15) is 64.4 Å². The third-order valence-corrected chi connectivity index (χ3v) is 6.48. The van der Waals surface area contributed by atoms with Crippen molar-refractivity contribution in [3.05, 3.63) is 29.6 Å². The summed E-state index contributed by atoms with van der Waals surface area (Å²) in [6.45, 7) is 14.2. The van der Waals surface area contributed by atoms with Crippen molar-refractivity contribution in [2.45, 2.75) is 65.1 Å². The van der Waals surface area contributed by atoms with Gasteiger partial charge in [-0.25, -0.2) is 4.68 Å². The Morgan fingerprint density at radius 3 is 2.57 bits per heavy atom. The van der Waals surface area contributed by atoms with E-state index in [1.54, 1.807) is 0 Å². The normalized spacial score (nSPS) is 18.7. The first-order valence-corrected chi connectivity index (χ1v) is 11.2. The fraction of sp³-hybridized carbons (Fsp3) is 0.682. The van der Waals surface area contributed by atoms with E-state index in [9.17, 15) is 0 Å². The van der Waals surface area contributed by atoms with E-state index in [2.05, 4.69) is 65.2 Å². The minimum atomic E-state index is -0.0774. The highest BCUT2D eigenvalue weighted by Crippen LogP contribution is 2.33. The smallest absolute Gasteiger partial charge is 0.231 e. The standard InChI is InChI=1S/C22H34N6O2/c1-5-7-18(21-23-24-25-28(21)22(3,4)6-2)27-12-10-26(11-13-27)15-17-8-9-19-20(14-17)30-16-29-19/h8-9,14,18H,5-7,10-13,15-16H2,1-4H3. The fourth-order valence-corrected chi connectivity index (χ4v) is 4.26. The van der Waals surface area contributed by atoms with Crippen LogP contribution in [0, 0.1) is 0 Å². The molecule has 164 valence electrons. The molecule has 1 atom stereocenters. The van der Waals surface area contributed by atoms with E-state index < -0.39 is 0 Å². The van der Waals surface area contributed by atoms with Gasteiger partial charge in [-0.2, -0.15) is 0 Å². The molecule has 1 fully saturated rings. The zero-order valence-electron chi connectivity index (χ0n) is 18.7. The number of benzene rings is 1. The van der Waals surface area contributed by atoms with Crippen LogP contribution in [-0.4, -0.2) is 63.0 Å². The summed E-state index contributed by atoms with van der Waals surface area (Å²) in [5.74, 6) is 2.71. The van der Waals surface area contributed by atoms with E-state index in [1.807, 2.05) is 10.7 Å². The molecule has 1 aromatic heterocycles. The molecule has 4 rings (SSSR count). The van der Waals surface area contributed by atoms with Crippen LogP contribution < -0.4 is 9.47 Å². The molecule has 0 aliphatic carbocycles. The lowest BCUT2D eigenvalue weighted by atomic mass is 10.0. The largest absolute Gasteiger partial charge is 0.454 e. The van der Waals surface area contributed by atoms with Crippen LogP contribution in [0.3, 0.4) is 0 Å². The Morgan fingerprint density at radius 2 is 1.83 bits per heavy atom.